The number of alkyl halides is 3. The number of aliphatic hydroxyl groups is 1. The average Bonchev–Trinajstić information content (AvgIpc) is 3.59. The van der Waals surface area contributed by atoms with E-state index in [2.05, 4.69) is 15.3 Å². The van der Waals surface area contributed by atoms with E-state index in [9.17, 15) is 32.3 Å². The first-order valence-electron chi connectivity index (χ1n) is 14.2. The van der Waals surface area contributed by atoms with E-state index in [4.69, 9.17) is 15.2 Å². The highest BCUT2D eigenvalue weighted by Gasteiger charge is 2.58. The summed E-state index contributed by atoms with van der Waals surface area (Å²) in [6.45, 7) is 1.83. The maximum absolute atomic E-state index is 14.8. The van der Waals surface area contributed by atoms with Crippen LogP contribution in [-0.2, 0) is 15.8 Å². The molecule has 2 aliphatic rings. The number of hydrogen-bond acceptors (Lipinski definition) is 8. The second-order valence-corrected chi connectivity index (χ2v) is 12.5. The number of pyridine rings is 1. The maximum Gasteiger partial charge on any atom is 0.424 e. The molecule has 14 heteroatoms. The number of rotatable bonds is 9. The van der Waals surface area contributed by atoms with Gasteiger partial charge in [-0.05, 0) is 68.7 Å². The number of nitrogens with one attached hydrogen (secondary N) is 1. The standard InChI is InChI=1S/C31H28F4N4O5S/c1-3-29(28(36)41)14-43-26-20(29)12-23(39-24(26)16-4-6-18(32)7-5-16)30(42,31(33,34)35)13-37-27(40)17-10-21(44-19-8-9-19)25-22(11-17)45-15(2)38-25/h4-7,10-12,19,42H,3,8-9,13-14H2,1-2H3,(H2,36,41)(H,37,40)/t29-,30-/m0/s1. The van der Waals surface area contributed by atoms with E-state index < -0.39 is 47.1 Å². The number of nitrogens with zero attached hydrogens (tertiary/aromatic N) is 2. The zero-order chi connectivity index (χ0) is 32.3. The van der Waals surface area contributed by atoms with Gasteiger partial charge in [-0.2, -0.15) is 13.2 Å². The molecule has 4 aromatic rings. The molecule has 1 aliphatic carbocycles. The van der Waals surface area contributed by atoms with Crippen LogP contribution < -0.4 is 20.5 Å². The van der Waals surface area contributed by atoms with Crippen molar-refractivity contribution in [3.63, 3.8) is 0 Å². The van der Waals surface area contributed by atoms with Crippen molar-refractivity contribution in [1.82, 2.24) is 15.3 Å². The summed E-state index contributed by atoms with van der Waals surface area (Å²) in [6.07, 6.45) is -3.61. The topological polar surface area (TPSA) is 137 Å². The zero-order valence-corrected chi connectivity index (χ0v) is 24.9. The molecule has 1 saturated carbocycles. The van der Waals surface area contributed by atoms with Crippen LogP contribution in [0.15, 0.2) is 42.5 Å². The molecule has 0 radical (unpaired) electrons. The van der Waals surface area contributed by atoms with Crippen molar-refractivity contribution >= 4 is 33.4 Å². The quantitative estimate of drug-likeness (QED) is 0.217. The molecule has 4 N–H and O–H groups in total. The average molecular weight is 645 g/mol. The third-order valence-corrected chi connectivity index (χ3v) is 9.11. The molecule has 0 spiro atoms. The highest BCUT2D eigenvalue weighted by atomic mass is 32.1. The van der Waals surface area contributed by atoms with Crippen LogP contribution in [-0.4, -0.2) is 52.3 Å². The predicted octanol–water partition coefficient (Wildman–Crippen LogP) is 5.05. The smallest absolute Gasteiger partial charge is 0.424 e. The SMILES string of the molecule is CC[C@]1(C(N)=O)COc2c1cc([C@@](O)(CNC(=O)c1cc(OC3CC3)c3nc(C)sc3c1)C(F)(F)F)nc2-c1ccc(F)cc1. The number of ether oxygens (including phenoxy) is 2. The molecule has 9 nitrogen and oxygen atoms in total. The Bertz CT molecular complexity index is 1830. The number of fused-ring (bicyclic) bond motifs is 2. The summed E-state index contributed by atoms with van der Waals surface area (Å²) in [6, 6.07) is 8.61. The van der Waals surface area contributed by atoms with Crippen LogP contribution in [0.2, 0.25) is 0 Å². The summed E-state index contributed by atoms with van der Waals surface area (Å²) in [5.41, 5.74) is 0.189. The van der Waals surface area contributed by atoms with Gasteiger partial charge in [0.1, 0.15) is 40.5 Å². The van der Waals surface area contributed by atoms with Gasteiger partial charge in [0, 0.05) is 16.7 Å². The fraction of sp³-hybridized carbons (Fsp3) is 0.355. The van der Waals surface area contributed by atoms with Crippen molar-refractivity contribution in [2.24, 2.45) is 5.73 Å². The summed E-state index contributed by atoms with van der Waals surface area (Å²) in [7, 11) is 0. The van der Waals surface area contributed by atoms with Gasteiger partial charge in [0.2, 0.25) is 11.5 Å². The van der Waals surface area contributed by atoms with Crippen LogP contribution in [0.1, 0.15) is 52.8 Å². The van der Waals surface area contributed by atoms with Gasteiger partial charge in [0.05, 0.1) is 28.1 Å². The number of nitrogens with two attached hydrogens (primary N) is 1. The lowest BCUT2D eigenvalue weighted by Crippen LogP contribution is -2.52. The first kappa shape index (κ1) is 30.7. The summed E-state index contributed by atoms with van der Waals surface area (Å²) in [5.74, 6) is -1.99. The van der Waals surface area contributed by atoms with Crippen LogP contribution >= 0.6 is 11.3 Å². The fourth-order valence-electron chi connectivity index (χ4n) is 5.34. The van der Waals surface area contributed by atoms with Crippen LogP contribution in [0.4, 0.5) is 17.6 Å². The highest BCUT2D eigenvalue weighted by Crippen LogP contribution is 2.49. The van der Waals surface area contributed by atoms with Gasteiger partial charge < -0.3 is 25.6 Å². The Kier molecular flexibility index (Phi) is 7.47. The Morgan fingerprint density at radius 1 is 1.18 bits per heavy atom. The predicted molar refractivity (Wildman–Crippen MR) is 157 cm³/mol. The van der Waals surface area contributed by atoms with Crippen LogP contribution in [0, 0.1) is 12.7 Å². The highest BCUT2D eigenvalue weighted by molar-refractivity contribution is 7.18. The van der Waals surface area contributed by atoms with Gasteiger partial charge in [-0.1, -0.05) is 6.92 Å². The van der Waals surface area contributed by atoms with Crippen LogP contribution in [0.5, 0.6) is 11.5 Å². The Hall–Kier alpha value is -4.30. The van der Waals surface area contributed by atoms with E-state index in [1.54, 1.807) is 13.8 Å². The molecule has 3 heterocycles. The van der Waals surface area contributed by atoms with Crippen molar-refractivity contribution < 1.29 is 41.7 Å². The lowest BCUT2D eigenvalue weighted by atomic mass is 9.78. The number of aryl methyl sites for hydroxylation is 1. The number of primary amides is 1. The summed E-state index contributed by atoms with van der Waals surface area (Å²) in [4.78, 5) is 34.5. The van der Waals surface area contributed by atoms with E-state index in [1.807, 2.05) is 0 Å². The van der Waals surface area contributed by atoms with Crippen molar-refractivity contribution in [3.05, 3.63) is 70.1 Å². The molecule has 0 bridgehead atoms. The molecule has 1 aliphatic heterocycles. The number of carbonyl (C=O) groups excluding carboxylic acids is 2. The second kappa shape index (κ2) is 10.9. The first-order chi connectivity index (χ1) is 21.3. The normalized spacial score (nSPS) is 19.1. The molecule has 2 amide bonds. The van der Waals surface area contributed by atoms with E-state index in [1.165, 1.54) is 35.6 Å². The Morgan fingerprint density at radius 2 is 1.89 bits per heavy atom. The minimum atomic E-state index is -5.35. The van der Waals surface area contributed by atoms with E-state index >= 15 is 0 Å². The summed E-state index contributed by atoms with van der Waals surface area (Å²) >= 11 is 1.30. The first-order valence-corrected chi connectivity index (χ1v) is 15.0. The van der Waals surface area contributed by atoms with Crippen molar-refractivity contribution in [1.29, 1.82) is 0 Å². The van der Waals surface area contributed by atoms with Crippen molar-refractivity contribution in [2.45, 2.75) is 56.4 Å². The van der Waals surface area contributed by atoms with Gasteiger partial charge in [-0.15, -0.1) is 11.3 Å². The van der Waals surface area contributed by atoms with Gasteiger partial charge in [-0.25, -0.2) is 14.4 Å². The van der Waals surface area contributed by atoms with Gasteiger partial charge in [-0.3, -0.25) is 9.59 Å². The number of hydrogen-bond donors (Lipinski definition) is 3. The largest absolute Gasteiger partial charge is 0.489 e. The number of amides is 2. The molecule has 45 heavy (non-hydrogen) atoms. The molecule has 2 aromatic carbocycles. The molecular formula is C31H28F4N4O5S. The minimum absolute atomic E-state index is 0.00344. The minimum Gasteiger partial charge on any atom is -0.489 e. The molecule has 236 valence electrons. The summed E-state index contributed by atoms with van der Waals surface area (Å²) < 4.78 is 70.4. The van der Waals surface area contributed by atoms with Gasteiger partial charge in [0.25, 0.3) is 5.91 Å². The Morgan fingerprint density at radius 3 is 2.51 bits per heavy atom. The molecule has 2 atom stereocenters. The molecular weight excluding hydrogens is 616 g/mol. The van der Waals surface area contributed by atoms with Crippen LogP contribution in [0.25, 0.3) is 21.5 Å². The monoisotopic (exact) mass is 644 g/mol. The Balaban J connectivity index is 1.41. The molecule has 2 aromatic heterocycles. The molecule has 1 fully saturated rings. The number of thiazole rings is 1. The van der Waals surface area contributed by atoms with E-state index in [0.717, 1.165) is 36.0 Å². The third kappa shape index (κ3) is 5.35. The zero-order valence-electron chi connectivity index (χ0n) is 24.1. The molecule has 6 rings (SSSR count). The maximum atomic E-state index is 14.8. The number of benzene rings is 2. The number of halogens is 4. The lowest BCUT2D eigenvalue weighted by Gasteiger charge is -2.32. The molecule has 0 unspecified atom stereocenters. The molecule has 0 saturated heterocycles. The van der Waals surface area contributed by atoms with Crippen molar-refractivity contribution in [3.8, 4) is 22.8 Å². The van der Waals surface area contributed by atoms with Crippen LogP contribution in [0.3, 0.4) is 0 Å². The lowest BCUT2D eigenvalue weighted by molar-refractivity contribution is -0.265. The van der Waals surface area contributed by atoms with Gasteiger partial charge >= 0.3 is 6.18 Å². The number of aromatic nitrogens is 2. The van der Waals surface area contributed by atoms with Gasteiger partial charge in [0.15, 0.2) is 0 Å². The fourth-order valence-corrected chi connectivity index (χ4v) is 6.22. The van der Waals surface area contributed by atoms with E-state index in [-0.39, 0.29) is 47.3 Å². The van der Waals surface area contributed by atoms with E-state index in [0.29, 0.717) is 16.0 Å². The second-order valence-electron chi connectivity index (χ2n) is 11.2. The Labute approximate surface area is 258 Å². The van der Waals surface area contributed by atoms with Crippen molar-refractivity contribution in [2.75, 3.05) is 13.2 Å². The number of carbonyl (C=O) groups is 2. The summed E-state index contributed by atoms with van der Waals surface area (Å²) in [5, 5.41) is 14.3. The third-order valence-electron chi connectivity index (χ3n) is 8.19.